The summed E-state index contributed by atoms with van der Waals surface area (Å²) in [5.74, 6) is -1.42. The van der Waals surface area contributed by atoms with E-state index >= 15 is 0 Å². The Morgan fingerprint density at radius 1 is 1.59 bits per heavy atom. The van der Waals surface area contributed by atoms with E-state index in [0.29, 0.717) is 17.0 Å². The highest BCUT2D eigenvalue weighted by molar-refractivity contribution is 6.31. The Hall–Kier alpha value is -1.61. The molecule has 0 radical (unpaired) electrons. The first-order valence-electron chi connectivity index (χ1n) is 5.23. The predicted octanol–water partition coefficient (Wildman–Crippen LogP) is 2.42. The Bertz CT molecular complexity index is 493. The second kappa shape index (κ2) is 4.72. The molecule has 0 amide bonds. The predicted molar refractivity (Wildman–Crippen MR) is 64.1 cm³/mol. The molecule has 0 spiro atoms. The molecule has 0 aliphatic heterocycles. The Kier molecular flexibility index (Phi) is 3.29. The number of halogens is 1. The minimum Gasteiger partial charge on any atom is -0.461 e. The van der Waals surface area contributed by atoms with Crippen molar-refractivity contribution in [2.45, 2.75) is 6.42 Å². The molecule has 88 valence electrons. The third kappa shape index (κ3) is 2.24. The van der Waals surface area contributed by atoms with Gasteiger partial charge in [-0.05, 0) is 30.2 Å². The number of ether oxygens (including phenoxy) is 1. The molecule has 0 heterocycles. The third-order valence-electron chi connectivity index (χ3n) is 2.70. The first-order chi connectivity index (χ1) is 8.13. The summed E-state index contributed by atoms with van der Waals surface area (Å²) in [7, 11) is 0. The summed E-state index contributed by atoms with van der Waals surface area (Å²) in [4.78, 5) is 23.6. The maximum absolute atomic E-state index is 11.9. The van der Waals surface area contributed by atoms with E-state index in [2.05, 4.69) is 6.58 Å². The highest BCUT2D eigenvalue weighted by atomic mass is 35.5. The van der Waals surface area contributed by atoms with E-state index < -0.39 is 11.9 Å². The van der Waals surface area contributed by atoms with E-state index in [1.807, 2.05) is 0 Å². The van der Waals surface area contributed by atoms with Crippen LogP contribution >= 0.6 is 11.6 Å². The van der Waals surface area contributed by atoms with Crippen molar-refractivity contribution < 1.29 is 14.3 Å². The lowest BCUT2D eigenvalue weighted by Crippen LogP contribution is -2.23. The fourth-order valence-electron chi connectivity index (χ4n) is 1.90. The van der Waals surface area contributed by atoms with Crippen molar-refractivity contribution in [3.05, 3.63) is 47.0 Å². The lowest BCUT2D eigenvalue weighted by molar-refractivity contribution is -0.145. The van der Waals surface area contributed by atoms with Crippen molar-refractivity contribution in [2.75, 3.05) is 6.61 Å². The zero-order valence-corrected chi connectivity index (χ0v) is 9.87. The summed E-state index contributed by atoms with van der Waals surface area (Å²) >= 11 is 5.84. The van der Waals surface area contributed by atoms with Crippen molar-refractivity contribution in [3.8, 4) is 0 Å². The van der Waals surface area contributed by atoms with Crippen molar-refractivity contribution in [1.29, 1.82) is 0 Å². The van der Waals surface area contributed by atoms with Gasteiger partial charge in [-0.15, -0.1) is 0 Å². The molecular formula is C13H11ClO3. The van der Waals surface area contributed by atoms with Gasteiger partial charge in [-0.2, -0.15) is 0 Å². The minimum atomic E-state index is -0.733. The number of esters is 1. The van der Waals surface area contributed by atoms with E-state index in [-0.39, 0.29) is 12.4 Å². The SMILES string of the molecule is C=CCOC(=O)C1Cc2cc(Cl)ccc2C1=O. The molecular weight excluding hydrogens is 240 g/mol. The molecule has 1 aliphatic carbocycles. The van der Waals surface area contributed by atoms with E-state index in [1.165, 1.54) is 6.08 Å². The molecule has 0 bridgehead atoms. The number of Topliss-reactive ketones (excluding diaryl/α,β-unsaturated/α-hetero) is 1. The molecule has 17 heavy (non-hydrogen) atoms. The largest absolute Gasteiger partial charge is 0.461 e. The zero-order chi connectivity index (χ0) is 12.4. The molecule has 4 heteroatoms. The third-order valence-corrected chi connectivity index (χ3v) is 2.94. The summed E-state index contributed by atoms with van der Waals surface area (Å²) in [6, 6.07) is 5.02. The van der Waals surface area contributed by atoms with Gasteiger partial charge in [0.2, 0.25) is 0 Å². The standard InChI is InChI=1S/C13H11ClO3/c1-2-5-17-13(16)11-7-8-6-9(14)3-4-10(8)12(11)15/h2-4,6,11H,1,5,7H2. The number of fused-ring (bicyclic) bond motifs is 1. The van der Waals surface area contributed by atoms with E-state index in [4.69, 9.17) is 16.3 Å². The average molecular weight is 251 g/mol. The van der Waals surface area contributed by atoms with Gasteiger partial charge in [0, 0.05) is 10.6 Å². The molecule has 0 N–H and O–H groups in total. The van der Waals surface area contributed by atoms with Crippen LogP contribution in [0.15, 0.2) is 30.9 Å². The second-order valence-corrected chi connectivity index (χ2v) is 4.28. The first kappa shape index (κ1) is 11.9. The topological polar surface area (TPSA) is 43.4 Å². The van der Waals surface area contributed by atoms with E-state index in [9.17, 15) is 9.59 Å². The molecule has 0 aromatic heterocycles. The molecule has 1 unspecified atom stereocenters. The summed E-state index contributed by atoms with van der Waals surface area (Å²) in [5, 5.41) is 0.566. The average Bonchev–Trinajstić information content (AvgIpc) is 2.63. The van der Waals surface area contributed by atoms with Crippen LogP contribution in [-0.4, -0.2) is 18.4 Å². The second-order valence-electron chi connectivity index (χ2n) is 3.84. The highest BCUT2D eigenvalue weighted by Crippen LogP contribution is 2.29. The van der Waals surface area contributed by atoms with E-state index in [1.54, 1.807) is 18.2 Å². The highest BCUT2D eigenvalue weighted by Gasteiger charge is 2.36. The minimum absolute atomic E-state index is 0.125. The number of carbonyl (C=O) groups is 2. The summed E-state index contributed by atoms with van der Waals surface area (Å²) < 4.78 is 4.90. The molecule has 1 atom stereocenters. The van der Waals surface area contributed by atoms with Gasteiger partial charge >= 0.3 is 5.97 Å². The lowest BCUT2D eigenvalue weighted by Gasteiger charge is -2.06. The van der Waals surface area contributed by atoms with Gasteiger partial charge in [0.15, 0.2) is 5.78 Å². The fourth-order valence-corrected chi connectivity index (χ4v) is 2.10. The van der Waals surface area contributed by atoms with Crippen LogP contribution < -0.4 is 0 Å². The lowest BCUT2D eigenvalue weighted by atomic mass is 10.1. The molecule has 0 fully saturated rings. The van der Waals surface area contributed by atoms with Crippen LogP contribution in [0.2, 0.25) is 5.02 Å². The van der Waals surface area contributed by atoms with Crippen LogP contribution in [0.4, 0.5) is 0 Å². The molecule has 0 saturated heterocycles. The Morgan fingerprint density at radius 3 is 3.06 bits per heavy atom. The maximum Gasteiger partial charge on any atom is 0.317 e. The van der Waals surface area contributed by atoms with Gasteiger partial charge in [-0.1, -0.05) is 24.3 Å². The maximum atomic E-state index is 11.9. The van der Waals surface area contributed by atoms with Crippen molar-refractivity contribution in [3.63, 3.8) is 0 Å². The van der Waals surface area contributed by atoms with Crippen LogP contribution in [0.1, 0.15) is 15.9 Å². The van der Waals surface area contributed by atoms with Crippen LogP contribution in [0.25, 0.3) is 0 Å². The molecule has 3 nitrogen and oxygen atoms in total. The van der Waals surface area contributed by atoms with Gasteiger partial charge < -0.3 is 4.74 Å². The monoisotopic (exact) mass is 250 g/mol. The summed E-state index contributed by atoms with van der Waals surface area (Å²) in [6.07, 6.45) is 1.84. The zero-order valence-electron chi connectivity index (χ0n) is 9.11. The number of carbonyl (C=O) groups excluding carboxylic acids is 2. The number of hydrogen-bond donors (Lipinski definition) is 0. The first-order valence-corrected chi connectivity index (χ1v) is 5.61. The van der Waals surface area contributed by atoms with Crippen molar-refractivity contribution in [2.24, 2.45) is 5.92 Å². The van der Waals surface area contributed by atoms with Crippen LogP contribution in [0, 0.1) is 5.92 Å². The summed E-state index contributed by atoms with van der Waals surface area (Å²) in [5.41, 5.74) is 1.37. The van der Waals surface area contributed by atoms with Gasteiger partial charge in [-0.25, -0.2) is 0 Å². The molecule has 0 saturated carbocycles. The number of rotatable bonds is 3. The van der Waals surface area contributed by atoms with Crippen LogP contribution in [0.5, 0.6) is 0 Å². The summed E-state index contributed by atoms with van der Waals surface area (Å²) in [6.45, 7) is 3.57. The number of hydrogen-bond acceptors (Lipinski definition) is 3. The normalized spacial score (nSPS) is 17.7. The molecule has 1 aromatic carbocycles. The molecule has 1 aliphatic rings. The van der Waals surface area contributed by atoms with Gasteiger partial charge in [0.1, 0.15) is 12.5 Å². The van der Waals surface area contributed by atoms with E-state index in [0.717, 1.165) is 5.56 Å². The molecule has 2 rings (SSSR count). The fraction of sp³-hybridized carbons (Fsp3) is 0.231. The Balaban J connectivity index is 2.19. The van der Waals surface area contributed by atoms with Crippen molar-refractivity contribution in [1.82, 2.24) is 0 Å². The quantitative estimate of drug-likeness (QED) is 0.470. The van der Waals surface area contributed by atoms with Gasteiger partial charge in [0.05, 0.1) is 0 Å². The van der Waals surface area contributed by atoms with Crippen LogP contribution in [0.3, 0.4) is 0 Å². The van der Waals surface area contributed by atoms with Crippen molar-refractivity contribution >= 4 is 23.4 Å². The number of ketones is 1. The van der Waals surface area contributed by atoms with Crippen LogP contribution in [-0.2, 0) is 16.0 Å². The Morgan fingerprint density at radius 2 is 2.35 bits per heavy atom. The molecule has 1 aromatic rings. The van der Waals surface area contributed by atoms with Gasteiger partial charge in [0.25, 0.3) is 0 Å². The van der Waals surface area contributed by atoms with Gasteiger partial charge in [-0.3, -0.25) is 9.59 Å². The number of benzene rings is 1. The Labute approximate surface area is 104 Å². The smallest absolute Gasteiger partial charge is 0.317 e.